The largest absolute Gasteiger partial charge is 0.326 e. The highest BCUT2D eigenvalue weighted by Crippen LogP contribution is 2.64. The highest BCUT2D eigenvalue weighted by atomic mass is 79.9. The molecule has 4 atom stereocenters. The lowest BCUT2D eigenvalue weighted by Gasteiger charge is -2.59. The SMILES string of the molecule is O=C(Nc1ccc(Cl)cc1)C12C[C@@H]3C[C@@H](CC(Br)(C3)C1)C2. The topological polar surface area (TPSA) is 29.1 Å². The van der Waals surface area contributed by atoms with Crippen LogP contribution in [0.15, 0.2) is 24.3 Å². The lowest BCUT2D eigenvalue weighted by Crippen LogP contribution is -2.57. The van der Waals surface area contributed by atoms with E-state index in [0.29, 0.717) is 5.02 Å². The Morgan fingerprint density at radius 2 is 1.76 bits per heavy atom. The van der Waals surface area contributed by atoms with E-state index in [9.17, 15) is 4.79 Å². The standard InChI is InChI=1S/C17H19BrClNO/c18-17-8-11-5-12(9-17)7-16(6-11,10-17)15(21)20-14-3-1-13(19)2-4-14/h1-4,11-12H,5-10H2,(H,20,21)/t11-,12+,16?,17?. The van der Waals surface area contributed by atoms with Crippen molar-refractivity contribution in [1.29, 1.82) is 0 Å². The number of hydrogen-bond acceptors (Lipinski definition) is 1. The van der Waals surface area contributed by atoms with Gasteiger partial charge in [0.25, 0.3) is 0 Å². The summed E-state index contributed by atoms with van der Waals surface area (Å²) >= 11 is 9.86. The molecule has 4 saturated carbocycles. The molecule has 4 fully saturated rings. The summed E-state index contributed by atoms with van der Waals surface area (Å²) in [5.41, 5.74) is 0.691. The van der Waals surface area contributed by atoms with Crippen molar-refractivity contribution >= 4 is 39.1 Å². The van der Waals surface area contributed by atoms with Crippen LogP contribution in [0.2, 0.25) is 5.02 Å². The second kappa shape index (κ2) is 4.73. The lowest BCUT2D eigenvalue weighted by molar-refractivity contribution is -0.138. The molecule has 0 aromatic heterocycles. The zero-order chi connectivity index (χ0) is 14.7. The highest BCUT2D eigenvalue weighted by Gasteiger charge is 2.59. The number of anilines is 1. The molecule has 4 bridgehead atoms. The molecule has 4 heteroatoms. The van der Waals surface area contributed by atoms with Crippen LogP contribution in [0.5, 0.6) is 0 Å². The molecule has 0 radical (unpaired) electrons. The minimum absolute atomic E-state index is 0.160. The van der Waals surface area contributed by atoms with Crippen molar-refractivity contribution in [3.63, 3.8) is 0 Å². The van der Waals surface area contributed by atoms with Gasteiger partial charge >= 0.3 is 0 Å². The average Bonchev–Trinajstić information content (AvgIpc) is 2.38. The molecule has 4 aliphatic rings. The van der Waals surface area contributed by atoms with Crippen molar-refractivity contribution in [2.75, 3.05) is 5.32 Å². The van der Waals surface area contributed by atoms with Crippen molar-refractivity contribution in [3.8, 4) is 0 Å². The number of rotatable bonds is 2. The summed E-state index contributed by atoms with van der Waals surface area (Å²) in [6, 6.07) is 7.40. The Morgan fingerprint density at radius 1 is 1.14 bits per heavy atom. The summed E-state index contributed by atoms with van der Waals surface area (Å²) in [6.45, 7) is 0. The highest BCUT2D eigenvalue weighted by molar-refractivity contribution is 9.10. The predicted molar refractivity (Wildman–Crippen MR) is 88.9 cm³/mol. The van der Waals surface area contributed by atoms with Gasteiger partial charge in [-0.25, -0.2) is 0 Å². The van der Waals surface area contributed by atoms with Gasteiger partial charge in [-0.05, 0) is 74.6 Å². The van der Waals surface area contributed by atoms with Gasteiger partial charge in [0.1, 0.15) is 0 Å². The van der Waals surface area contributed by atoms with E-state index in [4.69, 9.17) is 11.6 Å². The maximum absolute atomic E-state index is 12.9. The van der Waals surface area contributed by atoms with Gasteiger partial charge in [0.05, 0.1) is 5.41 Å². The zero-order valence-electron chi connectivity index (χ0n) is 11.9. The third kappa shape index (κ3) is 2.43. The van der Waals surface area contributed by atoms with E-state index in [0.717, 1.165) is 36.8 Å². The van der Waals surface area contributed by atoms with E-state index in [1.165, 1.54) is 19.3 Å². The van der Waals surface area contributed by atoms with Crippen LogP contribution in [0.3, 0.4) is 0 Å². The van der Waals surface area contributed by atoms with E-state index in [-0.39, 0.29) is 15.6 Å². The third-order valence-electron chi connectivity index (χ3n) is 5.57. The molecule has 0 spiro atoms. The van der Waals surface area contributed by atoms with E-state index >= 15 is 0 Å². The number of halogens is 2. The van der Waals surface area contributed by atoms with Crippen molar-refractivity contribution < 1.29 is 4.79 Å². The number of carbonyl (C=O) groups is 1. The van der Waals surface area contributed by atoms with Crippen LogP contribution in [0.4, 0.5) is 5.69 Å². The van der Waals surface area contributed by atoms with Crippen LogP contribution in [0.25, 0.3) is 0 Å². The Hall–Kier alpha value is -0.540. The molecule has 1 N–H and O–H groups in total. The molecule has 1 aromatic carbocycles. The summed E-state index contributed by atoms with van der Waals surface area (Å²) in [4.78, 5) is 12.9. The average molecular weight is 369 g/mol. The number of alkyl halides is 1. The van der Waals surface area contributed by atoms with Gasteiger partial charge in [-0.15, -0.1) is 0 Å². The van der Waals surface area contributed by atoms with Gasteiger partial charge in [0.15, 0.2) is 0 Å². The first kappa shape index (κ1) is 14.1. The van der Waals surface area contributed by atoms with E-state index in [2.05, 4.69) is 21.2 Å². The minimum Gasteiger partial charge on any atom is -0.326 e. The fraction of sp³-hybridized carbons (Fsp3) is 0.588. The van der Waals surface area contributed by atoms with Crippen molar-refractivity contribution in [2.45, 2.75) is 42.8 Å². The number of nitrogens with one attached hydrogen (secondary N) is 1. The molecular weight excluding hydrogens is 350 g/mol. The van der Waals surface area contributed by atoms with Crippen LogP contribution in [0, 0.1) is 17.3 Å². The number of hydrogen-bond donors (Lipinski definition) is 1. The van der Waals surface area contributed by atoms with Crippen molar-refractivity contribution in [1.82, 2.24) is 0 Å². The molecule has 1 aromatic rings. The summed E-state index contributed by atoms with van der Waals surface area (Å²) in [7, 11) is 0. The van der Waals surface area contributed by atoms with E-state index < -0.39 is 0 Å². The van der Waals surface area contributed by atoms with Crippen LogP contribution >= 0.6 is 27.5 Å². The van der Waals surface area contributed by atoms with Crippen LogP contribution < -0.4 is 5.32 Å². The summed E-state index contributed by atoms with van der Waals surface area (Å²) in [6.07, 6.45) is 6.95. The molecule has 0 aliphatic heterocycles. The second-order valence-corrected chi connectivity index (χ2v) is 9.47. The monoisotopic (exact) mass is 367 g/mol. The smallest absolute Gasteiger partial charge is 0.230 e. The Labute approximate surface area is 138 Å². The lowest BCUT2D eigenvalue weighted by atomic mass is 9.49. The predicted octanol–water partition coefficient (Wildman–Crippen LogP) is 5.01. The summed E-state index contributed by atoms with van der Waals surface area (Å²) in [5.74, 6) is 1.66. The Kier molecular flexibility index (Phi) is 3.17. The first-order chi connectivity index (χ1) is 9.96. The molecule has 112 valence electrons. The molecule has 1 amide bonds. The molecule has 2 nitrogen and oxygen atoms in total. The van der Waals surface area contributed by atoms with Crippen LogP contribution in [0.1, 0.15) is 38.5 Å². The van der Waals surface area contributed by atoms with Gasteiger partial charge in [-0.2, -0.15) is 0 Å². The first-order valence-corrected chi connectivity index (χ1v) is 8.90. The third-order valence-corrected chi connectivity index (χ3v) is 6.75. The molecular formula is C17H19BrClNO. The Bertz CT molecular complexity index is 571. The molecule has 0 saturated heterocycles. The second-order valence-electron chi connectivity index (χ2n) is 7.35. The molecule has 2 unspecified atom stereocenters. The Balaban J connectivity index is 1.57. The zero-order valence-corrected chi connectivity index (χ0v) is 14.2. The summed E-state index contributed by atoms with van der Waals surface area (Å²) < 4.78 is 0.217. The molecule has 4 aliphatic carbocycles. The number of benzene rings is 1. The Morgan fingerprint density at radius 3 is 2.33 bits per heavy atom. The van der Waals surface area contributed by atoms with Gasteiger partial charge in [-0.1, -0.05) is 27.5 Å². The summed E-state index contributed by atoms with van der Waals surface area (Å²) in [5, 5.41) is 3.82. The number of amides is 1. The van der Waals surface area contributed by atoms with Crippen LogP contribution in [-0.2, 0) is 4.79 Å². The maximum atomic E-state index is 12.9. The van der Waals surface area contributed by atoms with Crippen molar-refractivity contribution in [2.24, 2.45) is 17.3 Å². The van der Waals surface area contributed by atoms with Gasteiger partial charge in [0, 0.05) is 15.0 Å². The first-order valence-electron chi connectivity index (χ1n) is 7.72. The fourth-order valence-corrected chi connectivity index (χ4v) is 6.79. The van der Waals surface area contributed by atoms with Gasteiger partial charge in [0.2, 0.25) is 5.91 Å². The molecule has 0 heterocycles. The van der Waals surface area contributed by atoms with E-state index in [1.807, 2.05) is 24.3 Å². The quantitative estimate of drug-likeness (QED) is 0.730. The van der Waals surface area contributed by atoms with Crippen molar-refractivity contribution in [3.05, 3.63) is 29.3 Å². The van der Waals surface area contributed by atoms with Gasteiger partial charge in [-0.3, -0.25) is 4.79 Å². The molecule has 5 rings (SSSR count). The minimum atomic E-state index is -0.160. The van der Waals surface area contributed by atoms with E-state index in [1.54, 1.807) is 0 Å². The number of carbonyl (C=O) groups excluding carboxylic acids is 1. The molecule has 21 heavy (non-hydrogen) atoms. The maximum Gasteiger partial charge on any atom is 0.230 e. The van der Waals surface area contributed by atoms with Crippen LogP contribution in [-0.4, -0.2) is 10.2 Å². The van der Waals surface area contributed by atoms with Gasteiger partial charge < -0.3 is 5.32 Å². The normalized spacial score (nSPS) is 40.3. The fourth-order valence-electron chi connectivity index (χ4n) is 5.21.